The molecule has 0 bridgehead atoms. The van der Waals surface area contributed by atoms with E-state index in [2.05, 4.69) is 10.3 Å². The third-order valence-electron chi connectivity index (χ3n) is 2.98. The van der Waals surface area contributed by atoms with Crippen molar-refractivity contribution in [2.45, 2.75) is 19.4 Å². The highest BCUT2D eigenvalue weighted by Gasteiger charge is 2.43. The van der Waals surface area contributed by atoms with Gasteiger partial charge in [-0.15, -0.1) is 11.3 Å². The molecule has 6 nitrogen and oxygen atoms in total. The standard InChI is InChI=1S/C15H14F2N2O4S/c1-2-23-11-6-4-3-5-9(11)15(16,17)14(22)18-7-12-19-10(8-24-12)13(20)21/h3-6,8H,2,7H2,1H3,(H,18,22)(H,20,21). The molecule has 24 heavy (non-hydrogen) atoms. The van der Waals surface area contributed by atoms with E-state index in [-0.39, 0.29) is 29.6 Å². The molecule has 0 aliphatic heterocycles. The molecule has 2 N–H and O–H groups in total. The van der Waals surface area contributed by atoms with Crippen LogP contribution < -0.4 is 10.1 Å². The zero-order chi connectivity index (χ0) is 17.7. The Morgan fingerprint density at radius 3 is 2.71 bits per heavy atom. The van der Waals surface area contributed by atoms with Gasteiger partial charge >= 0.3 is 11.9 Å². The van der Waals surface area contributed by atoms with E-state index in [0.717, 1.165) is 17.4 Å². The molecule has 0 fully saturated rings. The van der Waals surface area contributed by atoms with Gasteiger partial charge in [0.2, 0.25) is 0 Å². The minimum atomic E-state index is -3.79. The van der Waals surface area contributed by atoms with E-state index in [4.69, 9.17) is 9.84 Å². The topological polar surface area (TPSA) is 88.5 Å². The highest BCUT2D eigenvalue weighted by atomic mass is 32.1. The lowest BCUT2D eigenvalue weighted by atomic mass is 10.1. The molecule has 0 radical (unpaired) electrons. The van der Waals surface area contributed by atoms with Crippen molar-refractivity contribution in [1.29, 1.82) is 0 Å². The Hall–Kier alpha value is -2.55. The molecule has 0 aliphatic rings. The lowest BCUT2D eigenvalue weighted by Crippen LogP contribution is -2.38. The molecule has 1 heterocycles. The maximum absolute atomic E-state index is 14.4. The zero-order valence-electron chi connectivity index (χ0n) is 12.6. The van der Waals surface area contributed by atoms with E-state index in [0.29, 0.717) is 0 Å². The van der Waals surface area contributed by atoms with Gasteiger partial charge in [-0.3, -0.25) is 4.79 Å². The van der Waals surface area contributed by atoms with Crippen LogP contribution in [-0.2, 0) is 17.3 Å². The number of hydrogen-bond acceptors (Lipinski definition) is 5. The van der Waals surface area contributed by atoms with Crippen LogP contribution in [0.3, 0.4) is 0 Å². The lowest BCUT2D eigenvalue weighted by molar-refractivity contribution is -0.147. The molecule has 9 heteroatoms. The second-order valence-electron chi connectivity index (χ2n) is 4.62. The van der Waals surface area contributed by atoms with Crippen molar-refractivity contribution in [3.8, 4) is 5.75 Å². The van der Waals surface area contributed by atoms with Crippen LogP contribution in [0.4, 0.5) is 8.78 Å². The van der Waals surface area contributed by atoms with Crippen LogP contribution >= 0.6 is 11.3 Å². The number of rotatable bonds is 7. The Morgan fingerprint density at radius 1 is 1.38 bits per heavy atom. The highest BCUT2D eigenvalue weighted by Crippen LogP contribution is 2.35. The average molecular weight is 356 g/mol. The molecule has 1 aromatic carbocycles. The number of para-hydroxylation sites is 1. The van der Waals surface area contributed by atoms with E-state index < -0.39 is 23.4 Å². The Balaban J connectivity index is 2.11. The first-order valence-electron chi connectivity index (χ1n) is 6.92. The fourth-order valence-corrected chi connectivity index (χ4v) is 2.59. The molecule has 128 valence electrons. The first-order chi connectivity index (χ1) is 11.4. The smallest absolute Gasteiger partial charge is 0.355 e. The van der Waals surface area contributed by atoms with E-state index in [1.54, 1.807) is 6.92 Å². The van der Waals surface area contributed by atoms with Gasteiger partial charge in [-0.25, -0.2) is 9.78 Å². The number of carbonyl (C=O) groups is 2. The second kappa shape index (κ2) is 7.35. The summed E-state index contributed by atoms with van der Waals surface area (Å²) in [6, 6.07) is 5.40. The number of aromatic carboxylic acids is 1. The van der Waals surface area contributed by atoms with Gasteiger partial charge < -0.3 is 15.2 Å². The van der Waals surface area contributed by atoms with Gasteiger partial charge in [-0.1, -0.05) is 12.1 Å². The van der Waals surface area contributed by atoms with Gasteiger partial charge in [0.05, 0.1) is 18.7 Å². The summed E-state index contributed by atoms with van der Waals surface area (Å²) in [5.41, 5.74) is -0.729. The van der Waals surface area contributed by atoms with Gasteiger partial charge in [0, 0.05) is 5.38 Å². The Morgan fingerprint density at radius 2 is 2.08 bits per heavy atom. The number of benzene rings is 1. The monoisotopic (exact) mass is 356 g/mol. The number of carbonyl (C=O) groups excluding carboxylic acids is 1. The summed E-state index contributed by atoms with van der Waals surface area (Å²) in [7, 11) is 0. The summed E-state index contributed by atoms with van der Waals surface area (Å²) in [4.78, 5) is 26.3. The predicted octanol–water partition coefficient (Wildman–Crippen LogP) is 2.65. The van der Waals surface area contributed by atoms with Crippen molar-refractivity contribution in [3.63, 3.8) is 0 Å². The van der Waals surface area contributed by atoms with Crippen molar-refractivity contribution in [2.75, 3.05) is 6.61 Å². The molecule has 1 amide bonds. The summed E-state index contributed by atoms with van der Waals surface area (Å²) >= 11 is 0.961. The highest BCUT2D eigenvalue weighted by molar-refractivity contribution is 7.09. The molecule has 0 saturated heterocycles. The summed E-state index contributed by atoms with van der Waals surface area (Å²) in [6.07, 6.45) is 0. The van der Waals surface area contributed by atoms with Crippen molar-refractivity contribution in [1.82, 2.24) is 10.3 Å². The molecule has 0 spiro atoms. The second-order valence-corrected chi connectivity index (χ2v) is 5.56. The average Bonchev–Trinajstić information content (AvgIpc) is 3.02. The van der Waals surface area contributed by atoms with Crippen molar-refractivity contribution >= 4 is 23.2 Å². The maximum atomic E-state index is 14.4. The van der Waals surface area contributed by atoms with Crippen LogP contribution in [0.25, 0.3) is 0 Å². The SMILES string of the molecule is CCOc1ccccc1C(F)(F)C(=O)NCc1nc(C(=O)O)cs1. The van der Waals surface area contributed by atoms with Gasteiger partial charge in [0.15, 0.2) is 5.69 Å². The first-order valence-corrected chi connectivity index (χ1v) is 7.80. The Labute approximate surface area is 140 Å². The van der Waals surface area contributed by atoms with E-state index in [1.807, 2.05) is 0 Å². The fraction of sp³-hybridized carbons (Fsp3) is 0.267. The van der Waals surface area contributed by atoms with Crippen LogP contribution in [0, 0.1) is 0 Å². The molecule has 0 saturated carbocycles. The minimum Gasteiger partial charge on any atom is -0.493 e. The zero-order valence-corrected chi connectivity index (χ0v) is 13.4. The van der Waals surface area contributed by atoms with Crippen LogP contribution in [-0.4, -0.2) is 28.6 Å². The number of nitrogens with zero attached hydrogens (tertiary/aromatic N) is 1. The predicted molar refractivity (Wildman–Crippen MR) is 82.4 cm³/mol. The van der Waals surface area contributed by atoms with Crippen LogP contribution in [0.2, 0.25) is 0 Å². The van der Waals surface area contributed by atoms with E-state index in [1.165, 1.54) is 23.6 Å². The van der Waals surface area contributed by atoms with Crippen molar-refractivity contribution in [3.05, 3.63) is 45.9 Å². The third kappa shape index (κ3) is 3.85. The fourth-order valence-electron chi connectivity index (χ4n) is 1.89. The number of carboxylic acid groups (broad SMARTS) is 1. The van der Waals surface area contributed by atoms with Gasteiger partial charge in [-0.05, 0) is 19.1 Å². The van der Waals surface area contributed by atoms with Gasteiger partial charge in [0.25, 0.3) is 5.91 Å². The van der Waals surface area contributed by atoms with Crippen molar-refractivity contribution < 1.29 is 28.2 Å². The van der Waals surface area contributed by atoms with Crippen LogP contribution in [0.1, 0.15) is 28.0 Å². The molecule has 1 aromatic heterocycles. The molecule has 0 unspecified atom stereocenters. The maximum Gasteiger partial charge on any atom is 0.355 e. The van der Waals surface area contributed by atoms with E-state index >= 15 is 0 Å². The lowest BCUT2D eigenvalue weighted by Gasteiger charge is -2.19. The molecule has 0 atom stereocenters. The summed E-state index contributed by atoms with van der Waals surface area (Å²) in [5, 5.41) is 12.3. The number of thiazole rings is 1. The molecule has 2 aromatic rings. The number of ether oxygens (including phenoxy) is 1. The number of amides is 1. The number of carboxylic acids is 1. The first kappa shape index (κ1) is 17.8. The Bertz CT molecular complexity index is 749. The van der Waals surface area contributed by atoms with Crippen molar-refractivity contribution in [2.24, 2.45) is 0 Å². The summed E-state index contributed by atoms with van der Waals surface area (Å²) in [6.45, 7) is 1.55. The number of nitrogens with one attached hydrogen (secondary N) is 1. The van der Waals surface area contributed by atoms with Crippen LogP contribution in [0.5, 0.6) is 5.75 Å². The largest absolute Gasteiger partial charge is 0.493 e. The summed E-state index contributed by atoms with van der Waals surface area (Å²) < 4.78 is 33.9. The molecule has 0 aliphatic carbocycles. The number of halogens is 2. The molecule has 2 rings (SSSR count). The molecular formula is C15H14F2N2O4S. The third-order valence-corrected chi connectivity index (χ3v) is 3.83. The van der Waals surface area contributed by atoms with E-state index in [9.17, 15) is 18.4 Å². The quantitative estimate of drug-likeness (QED) is 0.796. The Kier molecular flexibility index (Phi) is 5.45. The number of alkyl halides is 2. The van der Waals surface area contributed by atoms with Gasteiger partial charge in [0.1, 0.15) is 10.8 Å². The van der Waals surface area contributed by atoms with Crippen LogP contribution in [0.15, 0.2) is 29.6 Å². The number of hydrogen-bond donors (Lipinski definition) is 2. The normalized spacial score (nSPS) is 11.1. The van der Waals surface area contributed by atoms with Gasteiger partial charge in [-0.2, -0.15) is 8.78 Å². The number of aromatic nitrogens is 1. The minimum absolute atomic E-state index is 0.0671. The molecular weight excluding hydrogens is 342 g/mol. The summed E-state index contributed by atoms with van der Waals surface area (Å²) in [5.74, 6) is -6.59.